The van der Waals surface area contributed by atoms with Gasteiger partial charge < -0.3 is 9.15 Å². The fourth-order valence-corrected chi connectivity index (χ4v) is 5.32. The summed E-state index contributed by atoms with van der Waals surface area (Å²) in [7, 11) is -3.59. The van der Waals surface area contributed by atoms with E-state index in [4.69, 9.17) is 32.4 Å². The van der Waals surface area contributed by atoms with Crippen molar-refractivity contribution in [1.82, 2.24) is 9.97 Å². The highest BCUT2D eigenvalue weighted by Gasteiger charge is 2.37. The van der Waals surface area contributed by atoms with Gasteiger partial charge in [0.05, 0.1) is 32.4 Å². The zero-order valence-electron chi connectivity index (χ0n) is 19.2. The van der Waals surface area contributed by atoms with E-state index >= 15 is 0 Å². The Morgan fingerprint density at radius 3 is 2.50 bits per heavy atom. The van der Waals surface area contributed by atoms with Crippen molar-refractivity contribution in [3.63, 3.8) is 0 Å². The zero-order chi connectivity index (χ0) is 27.7. The van der Waals surface area contributed by atoms with Gasteiger partial charge in [-0.05, 0) is 30.3 Å². The lowest BCUT2D eigenvalue weighted by molar-refractivity contribution is -0.137. The van der Waals surface area contributed by atoms with Crippen LogP contribution in [-0.4, -0.2) is 38.0 Å². The molecule has 38 heavy (non-hydrogen) atoms. The van der Waals surface area contributed by atoms with Crippen LogP contribution in [0, 0.1) is 0 Å². The lowest BCUT2D eigenvalue weighted by Crippen LogP contribution is -2.34. The highest BCUT2D eigenvalue weighted by atomic mass is 35.5. The number of rotatable bonds is 8. The number of anilines is 1. The second kappa shape index (κ2) is 10.7. The highest BCUT2D eigenvalue weighted by molar-refractivity contribution is 7.92. The predicted octanol–water partition coefficient (Wildman–Crippen LogP) is 6.09. The third-order valence-corrected chi connectivity index (χ3v) is 7.50. The molecule has 0 radical (unpaired) electrons. The summed E-state index contributed by atoms with van der Waals surface area (Å²) in [6, 6.07) is 9.53. The summed E-state index contributed by atoms with van der Waals surface area (Å²) in [6.45, 7) is -0.685. The van der Waals surface area contributed by atoms with Gasteiger partial charge in [-0.2, -0.15) is 13.2 Å². The van der Waals surface area contributed by atoms with Gasteiger partial charge in [-0.25, -0.2) is 22.7 Å². The van der Waals surface area contributed by atoms with Crippen LogP contribution in [0.1, 0.15) is 21.6 Å². The number of benzene rings is 2. The van der Waals surface area contributed by atoms with Crippen LogP contribution < -0.4 is 4.31 Å². The Balaban J connectivity index is 1.88. The number of oxazole rings is 1. The van der Waals surface area contributed by atoms with Crippen LogP contribution in [0.3, 0.4) is 0 Å². The number of halogens is 5. The number of methoxy groups -OCH3 is 1. The molecule has 0 aliphatic rings. The number of aromatic nitrogens is 2. The number of hydrogen-bond donors (Lipinski definition) is 0. The minimum Gasteiger partial charge on any atom is -0.445 e. The number of carbonyl (C=O) groups excluding carboxylic acids is 1. The summed E-state index contributed by atoms with van der Waals surface area (Å²) in [5, 5.41) is -0.723. The van der Waals surface area contributed by atoms with E-state index in [0.717, 1.165) is 24.4 Å². The summed E-state index contributed by atoms with van der Waals surface area (Å²) < 4.78 is 78.5. The normalized spacial score (nSPS) is 11.9. The van der Waals surface area contributed by atoms with E-state index < -0.39 is 44.2 Å². The molecular weight excluding hydrogens is 570 g/mol. The molecule has 14 heteroatoms. The first-order valence-corrected chi connectivity index (χ1v) is 12.7. The smallest absolute Gasteiger partial charge is 0.417 e. The number of hydrogen-bond acceptors (Lipinski definition) is 7. The first kappa shape index (κ1) is 27.6. The number of sulfonamides is 1. The minimum atomic E-state index is -4.92. The average Bonchev–Trinajstić information content (AvgIpc) is 3.41. The molecule has 0 aliphatic carbocycles. The Morgan fingerprint density at radius 2 is 1.84 bits per heavy atom. The van der Waals surface area contributed by atoms with Gasteiger partial charge in [0.15, 0.2) is 0 Å². The molecule has 4 aromatic rings. The van der Waals surface area contributed by atoms with Crippen molar-refractivity contribution >= 4 is 44.7 Å². The summed E-state index contributed by atoms with van der Waals surface area (Å²) >= 11 is 11.8. The second-order valence-electron chi connectivity index (χ2n) is 7.64. The average molecular weight is 586 g/mol. The zero-order valence-corrected chi connectivity index (χ0v) is 21.6. The number of carbonyl (C=O) groups is 1. The van der Waals surface area contributed by atoms with E-state index in [9.17, 15) is 26.4 Å². The summed E-state index contributed by atoms with van der Waals surface area (Å²) in [5.74, 6) is -0.597. The van der Waals surface area contributed by atoms with Gasteiger partial charge in [0.1, 0.15) is 18.7 Å². The Labute approximate surface area is 224 Å². The second-order valence-corrected chi connectivity index (χ2v) is 10.3. The highest BCUT2D eigenvalue weighted by Crippen LogP contribution is 2.38. The predicted molar refractivity (Wildman–Crippen MR) is 133 cm³/mol. The van der Waals surface area contributed by atoms with Gasteiger partial charge in [0.2, 0.25) is 11.7 Å². The van der Waals surface area contributed by atoms with E-state index in [2.05, 4.69) is 9.97 Å². The monoisotopic (exact) mass is 585 g/mol. The molecule has 0 saturated heterocycles. The van der Waals surface area contributed by atoms with Gasteiger partial charge in [-0.3, -0.25) is 4.79 Å². The van der Waals surface area contributed by atoms with Crippen molar-refractivity contribution in [3.05, 3.63) is 94.1 Å². The van der Waals surface area contributed by atoms with E-state index in [1.807, 2.05) is 0 Å². The van der Waals surface area contributed by atoms with E-state index in [1.165, 1.54) is 25.6 Å². The van der Waals surface area contributed by atoms with Crippen molar-refractivity contribution in [1.29, 1.82) is 0 Å². The van der Waals surface area contributed by atoms with Crippen LogP contribution >= 0.6 is 23.2 Å². The largest absolute Gasteiger partial charge is 0.445 e. The van der Waals surface area contributed by atoms with E-state index in [0.29, 0.717) is 15.9 Å². The molecule has 0 amide bonds. The molecule has 0 fully saturated rings. The van der Waals surface area contributed by atoms with E-state index in [-0.39, 0.29) is 27.9 Å². The molecule has 2 aromatic heterocycles. The third kappa shape index (κ3) is 5.39. The van der Waals surface area contributed by atoms with Crippen LogP contribution in [0.25, 0.3) is 11.5 Å². The molecule has 4 rings (SSSR count). The van der Waals surface area contributed by atoms with Crippen molar-refractivity contribution < 1.29 is 35.5 Å². The van der Waals surface area contributed by atoms with E-state index in [1.54, 1.807) is 18.2 Å². The molecule has 0 atom stereocenters. The summed E-state index contributed by atoms with van der Waals surface area (Å²) in [4.78, 5) is 21.1. The lowest BCUT2D eigenvalue weighted by atomic mass is 10.0. The Morgan fingerprint density at radius 1 is 1.11 bits per heavy atom. The van der Waals surface area contributed by atoms with Crippen molar-refractivity contribution in [2.24, 2.45) is 0 Å². The third-order valence-electron chi connectivity index (χ3n) is 5.23. The lowest BCUT2D eigenvalue weighted by Gasteiger charge is -2.25. The van der Waals surface area contributed by atoms with Gasteiger partial charge in [0.25, 0.3) is 10.0 Å². The summed E-state index contributed by atoms with van der Waals surface area (Å²) in [6.07, 6.45) is -1.09. The van der Waals surface area contributed by atoms with Crippen LogP contribution in [0.15, 0.2) is 76.5 Å². The van der Waals surface area contributed by atoms with Crippen LogP contribution in [0.5, 0.6) is 0 Å². The maximum absolute atomic E-state index is 13.7. The molecule has 0 aliphatic heterocycles. The van der Waals surface area contributed by atoms with Gasteiger partial charge in [-0.1, -0.05) is 41.4 Å². The van der Waals surface area contributed by atoms with Gasteiger partial charge in [-0.15, -0.1) is 0 Å². The summed E-state index contributed by atoms with van der Waals surface area (Å²) in [5.41, 5.74) is -1.65. The molecule has 0 spiro atoms. The molecule has 2 heterocycles. The quantitative estimate of drug-likeness (QED) is 0.182. The first-order chi connectivity index (χ1) is 17.9. The Hall–Kier alpha value is -3.45. The Bertz CT molecular complexity index is 1600. The van der Waals surface area contributed by atoms with Crippen molar-refractivity contribution in [2.45, 2.75) is 11.1 Å². The molecule has 0 N–H and O–H groups in total. The molecule has 8 nitrogen and oxygen atoms in total. The van der Waals surface area contributed by atoms with Crippen LogP contribution in [0.4, 0.5) is 18.9 Å². The number of ketones is 1. The maximum atomic E-state index is 13.7. The molecule has 0 saturated carbocycles. The minimum absolute atomic E-state index is 0.0408. The molecular formula is C24H16Cl2F3N3O5S. The fraction of sp³-hybridized carbons (Fsp3) is 0.125. The SMILES string of the molecule is COCN(c1cc(Cl)cnc1C(=O)c1ccccc1-c1ncco1)S(=O)(=O)c1ccc(Cl)c(C(F)(F)F)c1. The number of pyridine rings is 1. The number of ether oxygens (including phenoxy) is 1. The molecule has 0 unspecified atom stereocenters. The maximum Gasteiger partial charge on any atom is 0.417 e. The molecule has 0 bridgehead atoms. The van der Waals surface area contributed by atoms with Gasteiger partial charge in [0, 0.05) is 24.4 Å². The van der Waals surface area contributed by atoms with Gasteiger partial charge >= 0.3 is 6.18 Å². The Kier molecular flexibility index (Phi) is 7.79. The number of alkyl halides is 3. The topological polar surface area (TPSA) is 103 Å². The van der Waals surface area contributed by atoms with Crippen LogP contribution in [0.2, 0.25) is 10.0 Å². The fourth-order valence-electron chi connectivity index (χ4n) is 3.54. The number of nitrogens with zero attached hydrogens (tertiary/aromatic N) is 3. The van der Waals surface area contributed by atoms with Crippen LogP contribution in [-0.2, 0) is 20.9 Å². The van der Waals surface area contributed by atoms with Crippen molar-refractivity contribution in [2.75, 3.05) is 18.1 Å². The standard InChI is InChI=1S/C24H16Cl2F3N3O5S/c1-36-13-32(38(34,35)15-6-7-19(26)18(11-15)24(27,28)29)20-10-14(25)12-31-21(20)22(33)16-4-2-3-5-17(16)23-30-8-9-37-23/h2-12H,13H2,1H3. The molecule has 2 aromatic carbocycles. The van der Waals surface area contributed by atoms with Crippen molar-refractivity contribution in [3.8, 4) is 11.5 Å². The molecule has 198 valence electrons. The first-order valence-electron chi connectivity index (χ1n) is 10.5.